The molecule has 25 heavy (non-hydrogen) atoms. The summed E-state index contributed by atoms with van der Waals surface area (Å²) in [6.07, 6.45) is 4.89. The number of benzene rings is 1. The zero-order chi connectivity index (χ0) is 17.8. The maximum Gasteiger partial charge on any atom is 0.253 e. The maximum absolute atomic E-state index is 12.6. The highest BCUT2D eigenvalue weighted by Gasteiger charge is 2.23. The van der Waals surface area contributed by atoms with Crippen LogP contribution < -0.4 is 5.32 Å². The van der Waals surface area contributed by atoms with Gasteiger partial charge in [0.25, 0.3) is 5.91 Å². The third kappa shape index (κ3) is 3.87. The van der Waals surface area contributed by atoms with E-state index in [2.05, 4.69) is 29.4 Å². The van der Waals surface area contributed by atoms with Gasteiger partial charge in [0.2, 0.25) is 5.91 Å². The van der Waals surface area contributed by atoms with Crippen LogP contribution in [0.5, 0.6) is 0 Å². The molecule has 1 aliphatic rings. The van der Waals surface area contributed by atoms with Crippen LogP contribution in [-0.2, 0) is 24.2 Å². The number of aryl methyl sites for hydroxylation is 1. The number of pyridine rings is 1. The summed E-state index contributed by atoms with van der Waals surface area (Å²) >= 11 is 0. The molecular formula is C20H23N3O2. The Kier molecular flexibility index (Phi) is 5.12. The van der Waals surface area contributed by atoms with Crippen molar-refractivity contribution in [1.29, 1.82) is 0 Å². The highest BCUT2D eigenvalue weighted by Crippen LogP contribution is 2.21. The SMILES string of the molecule is CC(=O)N1CCc2c(cncc2C(=O)NCCc2ccccc2C)C1. The highest BCUT2D eigenvalue weighted by atomic mass is 16.2. The second kappa shape index (κ2) is 7.47. The van der Waals surface area contributed by atoms with Crippen molar-refractivity contribution in [1.82, 2.24) is 15.2 Å². The van der Waals surface area contributed by atoms with E-state index in [-0.39, 0.29) is 11.8 Å². The molecule has 0 saturated heterocycles. The molecule has 0 bridgehead atoms. The minimum absolute atomic E-state index is 0.0544. The molecule has 0 fully saturated rings. The van der Waals surface area contributed by atoms with Crippen LogP contribution in [0.15, 0.2) is 36.7 Å². The molecule has 1 aliphatic heterocycles. The third-order valence-electron chi connectivity index (χ3n) is 4.77. The summed E-state index contributed by atoms with van der Waals surface area (Å²) in [5.74, 6) is -0.0343. The van der Waals surface area contributed by atoms with Crippen LogP contribution in [0.3, 0.4) is 0 Å². The fourth-order valence-electron chi connectivity index (χ4n) is 3.25. The first-order valence-electron chi connectivity index (χ1n) is 8.60. The van der Waals surface area contributed by atoms with Crippen molar-refractivity contribution >= 4 is 11.8 Å². The summed E-state index contributed by atoms with van der Waals surface area (Å²) in [4.78, 5) is 30.1. The molecule has 3 rings (SSSR count). The molecule has 0 aliphatic carbocycles. The Balaban J connectivity index is 1.66. The monoisotopic (exact) mass is 337 g/mol. The van der Waals surface area contributed by atoms with Crippen LogP contribution in [0, 0.1) is 6.92 Å². The van der Waals surface area contributed by atoms with E-state index in [0.29, 0.717) is 31.6 Å². The molecule has 2 aromatic rings. The first-order valence-corrected chi connectivity index (χ1v) is 8.60. The Morgan fingerprint density at radius 3 is 2.80 bits per heavy atom. The molecule has 1 aromatic heterocycles. The van der Waals surface area contributed by atoms with E-state index in [0.717, 1.165) is 17.5 Å². The number of carbonyl (C=O) groups is 2. The number of hydrogen-bond donors (Lipinski definition) is 1. The molecule has 1 N–H and O–H groups in total. The average molecular weight is 337 g/mol. The van der Waals surface area contributed by atoms with Gasteiger partial charge in [0.1, 0.15) is 0 Å². The minimum atomic E-state index is -0.0887. The second-order valence-electron chi connectivity index (χ2n) is 6.45. The molecule has 2 heterocycles. The van der Waals surface area contributed by atoms with Crippen LogP contribution >= 0.6 is 0 Å². The van der Waals surface area contributed by atoms with Gasteiger partial charge in [-0.3, -0.25) is 14.6 Å². The lowest BCUT2D eigenvalue weighted by atomic mass is 9.96. The van der Waals surface area contributed by atoms with Gasteiger partial charge in [0.05, 0.1) is 5.56 Å². The fourth-order valence-corrected chi connectivity index (χ4v) is 3.25. The summed E-state index contributed by atoms with van der Waals surface area (Å²) in [7, 11) is 0. The number of carbonyl (C=O) groups excluding carboxylic acids is 2. The molecule has 0 saturated carbocycles. The Bertz CT molecular complexity index is 801. The van der Waals surface area contributed by atoms with Gasteiger partial charge in [0, 0.05) is 39.0 Å². The summed E-state index contributed by atoms with van der Waals surface area (Å²) in [5, 5.41) is 3.00. The van der Waals surface area contributed by atoms with Gasteiger partial charge in [-0.1, -0.05) is 24.3 Å². The van der Waals surface area contributed by atoms with Crippen molar-refractivity contribution in [3.05, 3.63) is 64.5 Å². The summed E-state index contributed by atoms with van der Waals surface area (Å²) in [6, 6.07) is 8.20. The van der Waals surface area contributed by atoms with Gasteiger partial charge < -0.3 is 10.2 Å². The minimum Gasteiger partial charge on any atom is -0.352 e. The number of nitrogens with zero attached hydrogens (tertiary/aromatic N) is 2. The number of hydrogen-bond acceptors (Lipinski definition) is 3. The number of fused-ring (bicyclic) bond motifs is 1. The quantitative estimate of drug-likeness (QED) is 0.931. The predicted molar refractivity (Wildman–Crippen MR) is 96.2 cm³/mol. The lowest BCUT2D eigenvalue weighted by molar-refractivity contribution is -0.129. The second-order valence-corrected chi connectivity index (χ2v) is 6.45. The van der Waals surface area contributed by atoms with E-state index in [4.69, 9.17) is 0 Å². The van der Waals surface area contributed by atoms with E-state index >= 15 is 0 Å². The van der Waals surface area contributed by atoms with Crippen LogP contribution in [0.25, 0.3) is 0 Å². The van der Waals surface area contributed by atoms with Gasteiger partial charge in [-0.2, -0.15) is 0 Å². The molecule has 0 atom stereocenters. The molecule has 5 heteroatoms. The average Bonchev–Trinajstić information content (AvgIpc) is 2.62. The van der Waals surface area contributed by atoms with Gasteiger partial charge in [0.15, 0.2) is 0 Å². The van der Waals surface area contributed by atoms with Crippen LogP contribution in [-0.4, -0.2) is 34.8 Å². The molecular weight excluding hydrogens is 314 g/mol. The van der Waals surface area contributed by atoms with Crippen LogP contribution in [0.2, 0.25) is 0 Å². The topological polar surface area (TPSA) is 62.3 Å². The molecule has 130 valence electrons. The van der Waals surface area contributed by atoms with Gasteiger partial charge in [-0.15, -0.1) is 0 Å². The number of amides is 2. The zero-order valence-electron chi connectivity index (χ0n) is 14.7. The first-order chi connectivity index (χ1) is 12.1. The molecule has 1 aromatic carbocycles. The van der Waals surface area contributed by atoms with Crippen molar-refractivity contribution in [2.75, 3.05) is 13.1 Å². The van der Waals surface area contributed by atoms with E-state index in [1.54, 1.807) is 24.2 Å². The standard InChI is InChI=1S/C20H23N3O2/c1-14-5-3-4-6-16(14)7-9-22-20(25)19-12-21-11-17-13-23(15(2)24)10-8-18(17)19/h3-6,11-12H,7-10,13H2,1-2H3,(H,22,25). The van der Waals surface area contributed by atoms with Gasteiger partial charge in [-0.25, -0.2) is 0 Å². The van der Waals surface area contributed by atoms with Gasteiger partial charge in [-0.05, 0) is 42.0 Å². The van der Waals surface area contributed by atoms with E-state index in [1.807, 2.05) is 12.1 Å². The maximum atomic E-state index is 12.6. The first kappa shape index (κ1) is 17.1. The van der Waals surface area contributed by atoms with Crippen LogP contribution in [0.4, 0.5) is 0 Å². The summed E-state index contributed by atoms with van der Waals surface area (Å²) in [5.41, 5.74) is 5.09. The molecule has 0 spiro atoms. The van der Waals surface area contributed by atoms with Crippen molar-refractivity contribution < 1.29 is 9.59 Å². The number of rotatable bonds is 4. The molecule has 0 unspecified atom stereocenters. The fraction of sp³-hybridized carbons (Fsp3) is 0.350. The lowest BCUT2D eigenvalue weighted by Crippen LogP contribution is -2.36. The van der Waals surface area contributed by atoms with E-state index < -0.39 is 0 Å². The summed E-state index contributed by atoms with van der Waals surface area (Å²) < 4.78 is 0. The van der Waals surface area contributed by atoms with Crippen molar-refractivity contribution in [3.8, 4) is 0 Å². The molecule has 0 radical (unpaired) electrons. The van der Waals surface area contributed by atoms with Crippen molar-refractivity contribution in [2.45, 2.75) is 33.2 Å². The third-order valence-corrected chi connectivity index (χ3v) is 4.77. The number of nitrogens with one attached hydrogen (secondary N) is 1. The lowest BCUT2D eigenvalue weighted by Gasteiger charge is -2.28. The highest BCUT2D eigenvalue weighted by molar-refractivity contribution is 5.95. The largest absolute Gasteiger partial charge is 0.352 e. The number of aromatic nitrogens is 1. The van der Waals surface area contributed by atoms with Crippen molar-refractivity contribution in [3.63, 3.8) is 0 Å². The molecule has 5 nitrogen and oxygen atoms in total. The van der Waals surface area contributed by atoms with Crippen LogP contribution in [0.1, 0.15) is 39.5 Å². The Labute approximate surface area is 148 Å². The van der Waals surface area contributed by atoms with E-state index in [9.17, 15) is 9.59 Å². The Morgan fingerprint density at radius 1 is 1.24 bits per heavy atom. The summed E-state index contributed by atoms with van der Waals surface area (Å²) in [6.45, 7) is 5.42. The van der Waals surface area contributed by atoms with E-state index in [1.165, 1.54) is 11.1 Å². The Morgan fingerprint density at radius 2 is 2.04 bits per heavy atom. The zero-order valence-corrected chi connectivity index (χ0v) is 14.7. The predicted octanol–water partition coefficient (Wildman–Crippen LogP) is 2.27. The Hall–Kier alpha value is -2.69. The molecule has 2 amide bonds. The smallest absolute Gasteiger partial charge is 0.253 e. The normalized spacial score (nSPS) is 13.3. The van der Waals surface area contributed by atoms with Gasteiger partial charge >= 0.3 is 0 Å². The van der Waals surface area contributed by atoms with Crippen molar-refractivity contribution in [2.24, 2.45) is 0 Å².